The molecule has 2 rings (SSSR count). The molecule has 4 nitrogen and oxygen atoms in total. The fourth-order valence-electron chi connectivity index (χ4n) is 1.94. The molecule has 0 bridgehead atoms. The van der Waals surface area contributed by atoms with Crippen LogP contribution in [0.25, 0.3) is 10.8 Å². The van der Waals surface area contributed by atoms with Crippen LogP contribution >= 0.6 is 0 Å². The number of amides is 1. The van der Waals surface area contributed by atoms with Crippen molar-refractivity contribution in [3.8, 4) is 5.75 Å². The summed E-state index contributed by atoms with van der Waals surface area (Å²) in [6.45, 7) is 1.69. The van der Waals surface area contributed by atoms with E-state index in [2.05, 4.69) is 22.8 Å². The fraction of sp³-hybridized carbons (Fsp3) is 0.312. The zero-order valence-electron chi connectivity index (χ0n) is 11.7. The predicted octanol–water partition coefficient (Wildman–Crippen LogP) is 1.94. The monoisotopic (exact) mass is 272 g/mol. The second-order valence-corrected chi connectivity index (χ2v) is 4.56. The van der Waals surface area contributed by atoms with Gasteiger partial charge in [0, 0.05) is 13.0 Å². The van der Waals surface area contributed by atoms with Gasteiger partial charge in [-0.05, 0) is 30.0 Å². The molecule has 0 aliphatic carbocycles. The lowest BCUT2D eigenvalue weighted by atomic mass is 10.1. The van der Waals surface area contributed by atoms with Gasteiger partial charge < -0.3 is 15.4 Å². The van der Waals surface area contributed by atoms with Crippen LogP contribution in [-0.4, -0.2) is 32.7 Å². The molecule has 0 radical (unpaired) electrons. The van der Waals surface area contributed by atoms with Gasteiger partial charge in [-0.3, -0.25) is 4.79 Å². The Morgan fingerprint density at radius 3 is 2.70 bits per heavy atom. The van der Waals surface area contributed by atoms with E-state index < -0.39 is 0 Å². The number of carbonyl (C=O) groups is 1. The van der Waals surface area contributed by atoms with E-state index in [1.165, 1.54) is 5.39 Å². The van der Waals surface area contributed by atoms with Gasteiger partial charge in [-0.15, -0.1) is 0 Å². The highest BCUT2D eigenvalue weighted by Gasteiger charge is 2.00. The van der Waals surface area contributed by atoms with Gasteiger partial charge >= 0.3 is 0 Å². The third kappa shape index (κ3) is 4.24. The third-order valence-electron chi connectivity index (χ3n) is 3.02. The van der Waals surface area contributed by atoms with Crippen LogP contribution in [0.2, 0.25) is 0 Å². The Balaban J connectivity index is 1.77. The van der Waals surface area contributed by atoms with E-state index in [0.29, 0.717) is 26.1 Å². The summed E-state index contributed by atoms with van der Waals surface area (Å²) in [5, 5.41) is 8.11. The molecule has 0 unspecified atom stereocenters. The summed E-state index contributed by atoms with van der Waals surface area (Å²) in [7, 11) is 1.83. The van der Waals surface area contributed by atoms with Crippen LogP contribution in [0.4, 0.5) is 0 Å². The van der Waals surface area contributed by atoms with Gasteiger partial charge in [0.15, 0.2) is 0 Å². The molecule has 2 aromatic carbocycles. The van der Waals surface area contributed by atoms with Gasteiger partial charge in [-0.2, -0.15) is 0 Å². The van der Waals surface area contributed by atoms with Gasteiger partial charge in [-0.1, -0.05) is 30.3 Å². The van der Waals surface area contributed by atoms with Crippen LogP contribution in [0.1, 0.15) is 6.42 Å². The second kappa shape index (κ2) is 7.50. The molecule has 0 saturated carbocycles. The minimum Gasteiger partial charge on any atom is -0.492 e. The summed E-state index contributed by atoms with van der Waals surface area (Å²) in [6.07, 6.45) is 0.493. The molecule has 0 heterocycles. The van der Waals surface area contributed by atoms with Crippen LogP contribution in [0, 0.1) is 0 Å². The average Bonchev–Trinajstić information content (AvgIpc) is 2.49. The Labute approximate surface area is 119 Å². The van der Waals surface area contributed by atoms with Crippen LogP contribution in [0.5, 0.6) is 5.75 Å². The average molecular weight is 272 g/mol. The maximum absolute atomic E-state index is 11.4. The van der Waals surface area contributed by atoms with E-state index in [0.717, 1.165) is 11.1 Å². The molecule has 0 aliphatic heterocycles. The van der Waals surface area contributed by atoms with Crippen molar-refractivity contribution in [2.24, 2.45) is 0 Å². The van der Waals surface area contributed by atoms with Crippen LogP contribution in [-0.2, 0) is 4.79 Å². The van der Waals surface area contributed by atoms with E-state index in [1.54, 1.807) is 0 Å². The minimum absolute atomic E-state index is 0.0430. The molecule has 0 fully saturated rings. The normalized spacial score (nSPS) is 10.4. The summed E-state index contributed by atoms with van der Waals surface area (Å²) in [5.41, 5.74) is 0. The Hall–Kier alpha value is -2.07. The lowest BCUT2D eigenvalue weighted by molar-refractivity contribution is -0.121. The lowest BCUT2D eigenvalue weighted by Gasteiger charge is -2.08. The van der Waals surface area contributed by atoms with Gasteiger partial charge in [-0.25, -0.2) is 0 Å². The van der Waals surface area contributed by atoms with Crippen molar-refractivity contribution in [1.82, 2.24) is 10.6 Å². The SMILES string of the molecule is CNCCC(=O)NCCOc1ccc2ccccc2c1. The van der Waals surface area contributed by atoms with Crippen LogP contribution in [0.15, 0.2) is 42.5 Å². The largest absolute Gasteiger partial charge is 0.492 e. The van der Waals surface area contributed by atoms with Crippen molar-refractivity contribution in [3.63, 3.8) is 0 Å². The summed E-state index contributed by atoms with van der Waals surface area (Å²) in [6, 6.07) is 14.2. The summed E-state index contributed by atoms with van der Waals surface area (Å²) in [4.78, 5) is 11.4. The van der Waals surface area contributed by atoms with E-state index in [1.807, 2.05) is 37.4 Å². The first-order valence-electron chi connectivity index (χ1n) is 6.82. The predicted molar refractivity (Wildman–Crippen MR) is 81.0 cm³/mol. The van der Waals surface area contributed by atoms with E-state index in [9.17, 15) is 4.79 Å². The third-order valence-corrected chi connectivity index (χ3v) is 3.02. The lowest BCUT2D eigenvalue weighted by Crippen LogP contribution is -2.30. The molecule has 0 saturated heterocycles. The first-order chi connectivity index (χ1) is 9.79. The second-order valence-electron chi connectivity index (χ2n) is 4.56. The van der Waals surface area contributed by atoms with Gasteiger partial charge in [0.1, 0.15) is 12.4 Å². The van der Waals surface area contributed by atoms with Crippen molar-refractivity contribution >= 4 is 16.7 Å². The van der Waals surface area contributed by atoms with Crippen molar-refractivity contribution in [1.29, 1.82) is 0 Å². The maximum atomic E-state index is 11.4. The number of carbonyl (C=O) groups excluding carboxylic acids is 1. The quantitative estimate of drug-likeness (QED) is 0.757. The zero-order chi connectivity index (χ0) is 14.2. The Morgan fingerprint density at radius 1 is 1.10 bits per heavy atom. The molecule has 0 aromatic heterocycles. The molecule has 106 valence electrons. The molecule has 4 heteroatoms. The number of hydrogen-bond acceptors (Lipinski definition) is 3. The van der Waals surface area contributed by atoms with Gasteiger partial charge in [0.05, 0.1) is 6.54 Å². The highest BCUT2D eigenvalue weighted by molar-refractivity contribution is 5.83. The van der Waals surface area contributed by atoms with Crippen molar-refractivity contribution in [2.75, 3.05) is 26.7 Å². The van der Waals surface area contributed by atoms with Crippen molar-refractivity contribution < 1.29 is 9.53 Å². The highest BCUT2D eigenvalue weighted by atomic mass is 16.5. The molecule has 2 N–H and O–H groups in total. The Morgan fingerprint density at radius 2 is 1.90 bits per heavy atom. The van der Waals surface area contributed by atoms with Gasteiger partial charge in [0.25, 0.3) is 0 Å². The van der Waals surface area contributed by atoms with Crippen molar-refractivity contribution in [3.05, 3.63) is 42.5 Å². The molecule has 1 amide bonds. The summed E-state index contributed by atoms with van der Waals surface area (Å²) < 4.78 is 5.64. The minimum atomic E-state index is 0.0430. The fourth-order valence-corrected chi connectivity index (χ4v) is 1.94. The maximum Gasteiger partial charge on any atom is 0.221 e. The number of ether oxygens (including phenoxy) is 1. The van der Waals surface area contributed by atoms with Gasteiger partial charge in [0.2, 0.25) is 5.91 Å². The molecular formula is C16H20N2O2. The number of fused-ring (bicyclic) bond motifs is 1. The molecule has 0 spiro atoms. The van der Waals surface area contributed by atoms with Crippen LogP contribution in [0.3, 0.4) is 0 Å². The van der Waals surface area contributed by atoms with Crippen molar-refractivity contribution in [2.45, 2.75) is 6.42 Å². The number of hydrogen-bond donors (Lipinski definition) is 2. The molecule has 20 heavy (non-hydrogen) atoms. The number of nitrogens with one attached hydrogen (secondary N) is 2. The molecule has 0 atom stereocenters. The summed E-state index contributed by atoms with van der Waals surface area (Å²) in [5.74, 6) is 0.870. The number of benzene rings is 2. The smallest absolute Gasteiger partial charge is 0.221 e. The number of rotatable bonds is 7. The zero-order valence-corrected chi connectivity index (χ0v) is 11.7. The highest BCUT2D eigenvalue weighted by Crippen LogP contribution is 2.20. The van der Waals surface area contributed by atoms with Crippen LogP contribution < -0.4 is 15.4 Å². The van der Waals surface area contributed by atoms with E-state index in [-0.39, 0.29) is 5.91 Å². The molecule has 0 aliphatic rings. The topological polar surface area (TPSA) is 50.4 Å². The first kappa shape index (κ1) is 14.3. The summed E-state index contributed by atoms with van der Waals surface area (Å²) >= 11 is 0. The Kier molecular flexibility index (Phi) is 5.38. The molecular weight excluding hydrogens is 252 g/mol. The Bertz CT molecular complexity index is 569. The van der Waals surface area contributed by atoms with E-state index >= 15 is 0 Å². The van der Waals surface area contributed by atoms with E-state index in [4.69, 9.17) is 4.74 Å². The first-order valence-corrected chi connectivity index (χ1v) is 6.82. The standard InChI is InChI=1S/C16H20N2O2/c1-17-9-8-16(19)18-10-11-20-15-7-6-13-4-2-3-5-14(13)12-15/h2-7,12,17H,8-11H2,1H3,(H,18,19). The molecule has 2 aromatic rings.